The Balaban J connectivity index is 1.64. The van der Waals surface area contributed by atoms with Crippen LogP contribution in [0.2, 0.25) is 0 Å². The van der Waals surface area contributed by atoms with Crippen molar-refractivity contribution in [1.82, 2.24) is 15.1 Å². The van der Waals surface area contributed by atoms with Gasteiger partial charge in [0.05, 0.1) is 5.39 Å². The summed E-state index contributed by atoms with van der Waals surface area (Å²) in [4.78, 5) is 26.2. The van der Waals surface area contributed by atoms with Gasteiger partial charge < -0.3 is 10.1 Å². The van der Waals surface area contributed by atoms with Crippen molar-refractivity contribution in [3.05, 3.63) is 76.0 Å². The number of fused-ring (bicyclic) bond motifs is 1. The molecule has 1 aromatic heterocycles. The molecule has 1 amide bonds. The molecule has 2 aromatic carbocycles. The minimum Gasteiger partial charge on any atom is -0.381 e. The summed E-state index contributed by atoms with van der Waals surface area (Å²) < 4.78 is 20.9. The van der Waals surface area contributed by atoms with Gasteiger partial charge in [0.25, 0.3) is 11.5 Å². The molecule has 174 valence electrons. The molecule has 0 radical (unpaired) electrons. The topological polar surface area (TPSA) is 73.2 Å². The summed E-state index contributed by atoms with van der Waals surface area (Å²) in [7, 11) is 0. The highest BCUT2D eigenvalue weighted by molar-refractivity contribution is 6.04. The fourth-order valence-corrected chi connectivity index (χ4v) is 4.55. The molecule has 0 bridgehead atoms. The number of nitrogens with one attached hydrogen (secondary N) is 1. The number of unbranched alkanes of at least 4 members (excludes halogenated alkanes) is 2. The molecular formula is C26H30FN3O3. The lowest BCUT2D eigenvalue weighted by atomic mass is 9.74. The largest absolute Gasteiger partial charge is 0.381 e. The van der Waals surface area contributed by atoms with Gasteiger partial charge in [0.15, 0.2) is 5.69 Å². The average Bonchev–Trinajstić information content (AvgIpc) is 2.85. The minimum absolute atomic E-state index is 0.182. The van der Waals surface area contributed by atoms with Crippen molar-refractivity contribution < 1.29 is 13.9 Å². The van der Waals surface area contributed by atoms with Crippen molar-refractivity contribution in [3.63, 3.8) is 0 Å². The first-order valence-electron chi connectivity index (χ1n) is 11.7. The van der Waals surface area contributed by atoms with Crippen LogP contribution in [0, 0.1) is 5.82 Å². The van der Waals surface area contributed by atoms with Crippen LogP contribution in [0.3, 0.4) is 0 Å². The van der Waals surface area contributed by atoms with Crippen LogP contribution in [0.25, 0.3) is 10.8 Å². The Hall–Kier alpha value is -3.06. The van der Waals surface area contributed by atoms with E-state index >= 15 is 0 Å². The molecule has 7 heteroatoms. The number of carbonyl (C=O) groups excluding carboxylic acids is 1. The molecule has 3 aromatic rings. The van der Waals surface area contributed by atoms with Crippen LogP contribution in [0.15, 0.2) is 53.3 Å². The van der Waals surface area contributed by atoms with Crippen LogP contribution in [0.1, 0.15) is 55.1 Å². The molecule has 2 heterocycles. The molecule has 33 heavy (non-hydrogen) atoms. The Labute approximate surface area is 192 Å². The van der Waals surface area contributed by atoms with Crippen molar-refractivity contribution >= 4 is 16.7 Å². The Morgan fingerprint density at radius 2 is 1.88 bits per heavy atom. The second kappa shape index (κ2) is 10.3. The summed E-state index contributed by atoms with van der Waals surface area (Å²) >= 11 is 0. The van der Waals surface area contributed by atoms with Gasteiger partial charge in [-0.1, -0.05) is 50.1 Å². The van der Waals surface area contributed by atoms with Crippen LogP contribution in [0.4, 0.5) is 4.39 Å². The van der Waals surface area contributed by atoms with Crippen LogP contribution < -0.4 is 10.9 Å². The monoisotopic (exact) mass is 451 g/mol. The Bertz CT molecular complexity index is 1180. The van der Waals surface area contributed by atoms with E-state index in [9.17, 15) is 14.0 Å². The van der Waals surface area contributed by atoms with Gasteiger partial charge in [-0.15, -0.1) is 0 Å². The minimum atomic E-state index is -0.415. The van der Waals surface area contributed by atoms with Gasteiger partial charge in [0.1, 0.15) is 5.82 Å². The quantitative estimate of drug-likeness (QED) is 0.521. The third-order valence-electron chi connectivity index (χ3n) is 6.53. The summed E-state index contributed by atoms with van der Waals surface area (Å²) in [6, 6.07) is 13.7. The number of aromatic nitrogens is 2. The van der Waals surface area contributed by atoms with Crippen LogP contribution >= 0.6 is 0 Å². The lowest BCUT2D eigenvalue weighted by Crippen LogP contribution is -2.45. The van der Waals surface area contributed by atoms with E-state index in [4.69, 9.17) is 4.74 Å². The second-order valence-electron chi connectivity index (χ2n) is 8.72. The van der Waals surface area contributed by atoms with Crippen LogP contribution in [-0.2, 0) is 16.7 Å². The number of hydrogen-bond donors (Lipinski definition) is 1. The molecule has 1 fully saturated rings. The predicted molar refractivity (Wildman–Crippen MR) is 126 cm³/mol. The van der Waals surface area contributed by atoms with Crippen molar-refractivity contribution in [1.29, 1.82) is 0 Å². The molecular weight excluding hydrogens is 421 g/mol. The van der Waals surface area contributed by atoms with E-state index in [0.29, 0.717) is 49.9 Å². The van der Waals surface area contributed by atoms with E-state index < -0.39 is 5.41 Å². The first-order valence-corrected chi connectivity index (χ1v) is 11.7. The summed E-state index contributed by atoms with van der Waals surface area (Å²) in [6.45, 7) is 4.01. The Kier molecular flexibility index (Phi) is 7.18. The molecule has 1 aliphatic heterocycles. The van der Waals surface area contributed by atoms with E-state index in [0.717, 1.165) is 24.8 Å². The molecule has 0 unspecified atom stereocenters. The summed E-state index contributed by atoms with van der Waals surface area (Å²) in [6.07, 6.45) is 4.20. The summed E-state index contributed by atoms with van der Waals surface area (Å²) in [5.41, 5.74) is 0.497. The second-order valence-corrected chi connectivity index (χ2v) is 8.72. The molecule has 0 atom stereocenters. The smallest absolute Gasteiger partial charge is 0.274 e. The zero-order chi connectivity index (χ0) is 23.3. The number of halogens is 1. The maximum atomic E-state index is 14.0. The predicted octanol–water partition coefficient (Wildman–Crippen LogP) is 4.20. The van der Waals surface area contributed by atoms with E-state index in [1.165, 1.54) is 10.7 Å². The number of rotatable bonds is 8. The lowest BCUT2D eigenvalue weighted by molar-refractivity contribution is 0.0485. The normalized spacial score (nSPS) is 15.5. The van der Waals surface area contributed by atoms with Crippen molar-refractivity contribution in [2.45, 2.75) is 51.0 Å². The van der Waals surface area contributed by atoms with Gasteiger partial charge in [0, 0.05) is 37.1 Å². The molecule has 1 saturated heterocycles. The molecule has 4 rings (SSSR count). The summed E-state index contributed by atoms with van der Waals surface area (Å²) in [5, 5.41) is 8.52. The number of hydrogen-bond acceptors (Lipinski definition) is 4. The SMILES string of the molecule is CCCCCn1nc(C(=O)NCC2(c3cccc(F)c3)CCOCC2)c2ccccc2c1=O. The highest BCUT2D eigenvalue weighted by Crippen LogP contribution is 2.34. The van der Waals surface area contributed by atoms with Crippen LogP contribution in [-0.4, -0.2) is 35.4 Å². The number of amides is 1. The first-order chi connectivity index (χ1) is 16.0. The number of carbonyl (C=O) groups is 1. The van der Waals surface area contributed by atoms with Gasteiger partial charge in [0.2, 0.25) is 0 Å². The molecule has 0 saturated carbocycles. The number of aryl methyl sites for hydroxylation is 1. The third-order valence-corrected chi connectivity index (χ3v) is 6.53. The standard InChI is InChI=1S/C26H30FN3O3/c1-2-3-6-14-30-25(32)22-11-5-4-10-21(22)23(29-30)24(31)28-18-26(12-15-33-16-13-26)19-8-7-9-20(27)17-19/h4-5,7-11,17H,2-3,6,12-16,18H2,1H3,(H,28,31). The molecule has 0 aliphatic carbocycles. The van der Waals surface area contributed by atoms with E-state index in [1.54, 1.807) is 36.4 Å². The third kappa shape index (κ3) is 4.98. The van der Waals surface area contributed by atoms with Gasteiger partial charge >= 0.3 is 0 Å². The van der Waals surface area contributed by atoms with Gasteiger partial charge in [-0.3, -0.25) is 9.59 Å². The van der Waals surface area contributed by atoms with Crippen molar-refractivity contribution in [3.8, 4) is 0 Å². The maximum Gasteiger partial charge on any atom is 0.274 e. The van der Waals surface area contributed by atoms with Gasteiger partial charge in [-0.05, 0) is 43.0 Å². The van der Waals surface area contributed by atoms with Crippen molar-refractivity contribution in [2.24, 2.45) is 0 Å². The fraction of sp³-hybridized carbons (Fsp3) is 0.423. The summed E-state index contributed by atoms with van der Waals surface area (Å²) in [5.74, 6) is -0.630. The van der Waals surface area contributed by atoms with E-state index in [2.05, 4.69) is 17.3 Å². The lowest BCUT2D eigenvalue weighted by Gasteiger charge is -2.38. The molecule has 0 spiro atoms. The van der Waals surface area contributed by atoms with Gasteiger partial charge in [-0.25, -0.2) is 9.07 Å². The zero-order valence-electron chi connectivity index (χ0n) is 19.0. The van der Waals surface area contributed by atoms with Crippen molar-refractivity contribution in [2.75, 3.05) is 19.8 Å². The highest BCUT2D eigenvalue weighted by Gasteiger charge is 2.35. The number of benzene rings is 2. The first kappa shape index (κ1) is 23.1. The molecule has 1 aliphatic rings. The molecule has 1 N–H and O–H groups in total. The number of nitrogens with zero attached hydrogens (tertiary/aromatic N) is 2. The van der Waals surface area contributed by atoms with E-state index in [1.807, 2.05) is 6.07 Å². The zero-order valence-corrected chi connectivity index (χ0v) is 19.0. The fourth-order valence-electron chi connectivity index (χ4n) is 4.55. The highest BCUT2D eigenvalue weighted by atomic mass is 19.1. The van der Waals surface area contributed by atoms with E-state index in [-0.39, 0.29) is 23.0 Å². The average molecular weight is 452 g/mol. The number of ether oxygens (including phenoxy) is 1. The van der Waals surface area contributed by atoms with Gasteiger partial charge in [-0.2, -0.15) is 5.10 Å². The maximum absolute atomic E-state index is 14.0. The Morgan fingerprint density at radius 1 is 1.12 bits per heavy atom. The Morgan fingerprint density at radius 3 is 2.61 bits per heavy atom. The molecule has 6 nitrogen and oxygen atoms in total. The van der Waals surface area contributed by atoms with Crippen LogP contribution in [0.5, 0.6) is 0 Å².